The molecule has 5 nitrogen and oxygen atoms in total. The van der Waals surface area contributed by atoms with Gasteiger partial charge in [-0.2, -0.15) is 9.97 Å². The van der Waals surface area contributed by atoms with Gasteiger partial charge in [0.2, 0.25) is 5.95 Å². The van der Waals surface area contributed by atoms with Crippen LogP contribution in [0.2, 0.25) is 0 Å². The molecule has 0 bridgehead atoms. The van der Waals surface area contributed by atoms with Crippen LogP contribution in [-0.4, -0.2) is 24.1 Å². The van der Waals surface area contributed by atoms with Crippen LogP contribution in [0.4, 0.5) is 0 Å². The van der Waals surface area contributed by atoms with Crippen LogP contribution in [0.5, 0.6) is 0 Å². The highest BCUT2D eigenvalue weighted by Gasteiger charge is 2.22. The van der Waals surface area contributed by atoms with Crippen LogP contribution in [0, 0.1) is 0 Å². The molecule has 18 aromatic rings. The predicted molar refractivity (Wildman–Crippen MR) is 345 cm³/mol. The Kier molecular flexibility index (Phi) is 9.45. The fraction of sp³-hybridized carbons (Fsp3) is 0. The molecule has 0 aliphatic carbocycles. The molecule has 0 unspecified atom stereocenters. The molecule has 0 saturated heterocycles. The summed E-state index contributed by atoms with van der Waals surface area (Å²) in [5, 5.41) is 24.1. The number of aromatic nitrogens is 5. The number of benzene rings is 15. The van der Waals surface area contributed by atoms with Crippen molar-refractivity contribution in [2.75, 3.05) is 0 Å². The summed E-state index contributed by atoms with van der Waals surface area (Å²) < 4.78 is 4.70. The first kappa shape index (κ1) is 44.9. The van der Waals surface area contributed by atoms with Crippen LogP contribution >= 0.6 is 0 Å². The molecule has 3 aromatic heterocycles. The second-order valence-electron chi connectivity index (χ2n) is 21.8. The highest BCUT2D eigenvalue weighted by atomic mass is 15.2. The molecule has 0 fully saturated rings. The maximum atomic E-state index is 5.52. The minimum atomic E-state index is 0.557. The molecular weight excluding hydrogens is 995 g/mol. The molecule has 0 amide bonds. The van der Waals surface area contributed by atoms with E-state index in [0.29, 0.717) is 17.6 Å². The summed E-state index contributed by atoms with van der Waals surface area (Å²) in [4.78, 5) is 16.5. The van der Waals surface area contributed by atoms with Crippen LogP contribution in [0.25, 0.3) is 175 Å². The first-order chi connectivity index (χ1) is 40.7. The number of nitrogens with zero attached hydrogens (tertiary/aromatic N) is 5. The van der Waals surface area contributed by atoms with Crippen LogP contribution in [0.3, 0.4) is 0 Å². The minimum absolute atomic E-state index is 0.557. The topological polar surface area (TPSA) is 48.5 Å². The quantitative estimate of drug-likeness (QED) is 0.161. The summed E-state index contributed by atoms with van der Waals surface area (Å²) in [7, 11) is 0. The van der Waals surface area contributed by atoms with Gasteiger partial charge in [-0.25, -0.2) is 4.98 Å². The largest absolute Gasteiger partial charge is 0.309 e. The fourth-order valence-corrected chi connectivity index (χ4v) is 13.8. The monoisotopic (exact) mass is 1040 g/mol. The van der Waals surface area contributed by atoms with Gasteiger partial charge in [0.25, 0.3) is 0 Å². The standard InChI is InChI=1S/C77H45N5/c1-2-18-51-48(17-1)45-74(63-28-12-11-19-52(51)63)81-70-31-15-13-29-64(70)68-41-46(35-39-72(68)81)47-36-40-73-69(42-47)65-30-14-16-32-71(65)82(73)77-79-75(49-33-37-61-57-24-5-3-20-53(57)55-22-7-9-26-59(55)66(61)43-49)78-76(80-77)50-34-38-62-58-25-6-4-21-54(58)56-23-8-10-27-60(56)67(62)44-50/h1-45H. The summed E-state index contributed by atoms with van der Waals surface area (Å²) >= 11 is 0. The average Bonchev–Trinajstić information content (AvgIpc) is 4.25. The van der Waals surface area contributed by atoms with Crippen molar-refractivity contribution in [3.63, 3.8) is 0 Å². The van der Waals surface area contributed by atoms with Crippen molar-refractivity contribution in [2.24, 2.45) is 0 Å². The van der Waals surface area contributed by atoms with Gasteiger partial charge < -0.3 is 4.57 Å². The highest BCUT2D eigenvalue weighted by molar-refractivity contribution is 6.27. The smallest absolute Gasteiger partial charge is 0.238 e. The Hall–Kier alpha value is -11.0. The van der Waals surface area contributed by atoms with E-state index in [1.807, 2.05) is 0 Å². The van der Waals surface area contributed by atoms with E-state index in [1.165, 1.54) is 103 Å². The lowest BCUT2D eigenvalue weighted by molar-refractivity contribution is 0.954. The fourth-order valence-electron chi connectivity index (χ4n) is 13.8. The van der Waals surface area contributed by atoms with E-state index in [2.05, 4.69) is 282 Å². The molecule has 0 atom stereocenters. The van der Waals surface area contributed by atoms with Gasteiger partial charge in [0.1, 0.15) is 0 Å². The predicted octanol–water partition coefficient (Wildman–Crippen LogP) is 20.3. The van der Waals surface area contributed by atoms with Crippen molar-refractivity contribution in [3.8, 4) is 45.5 Å². The van der Waals surface area contributed by atoms with Crippen molar-refractivity contribution < 1.29 is 0 Å². The van der Waals surface area contributed by atoms with Crippen molar-refractivity contribution in [1.29, 1.82) is 0 Å². The summed E-state index contributed by atoms with van der Waals surface area (Å²) in [5.74, 6) is 1.77. The average molecular weight is 1040 g/mol. The van der Waals surface area contributed by atoms with E-state index in [0.717, 1.165) is 54.8 Å². The molecule has 0 N–H and O–H groups in total. The number of hydrogen-bond acceptors (Lipinski definition) is 3. The zero-order chi connectivity index (χ0) is 53.6. The van der Waals surface area contributed by atoms with Gasteiger partial charge in [-0.3, -0.25) is 4.57 Å². The molecule has 0 radical (unpaired) electrons. The van der Waals surface area contributed by atoms with E-state index in [4.69, 9.17) is 15.0 Å². The first-order valence-corrected chi connectivity index (χ1v) is 28.1. The Balaban J connectivity index is 0.842. The van der Waals surface area contributed by atoms with Crippen LogP contribution < -0.4 is 0 Å². The number of rotatable bonds is 5. The molecule has 3 heterocycles. The van der Waals surface area contributed by atoms with Gasteiger partial charge in [-0.1, -0.05) is 218 Å². The number of para-hydroxylation sites is 2. The van der Waals surface area contributed by atoms with Crippen LogP contribution in [0.15, 0.2) is 273 Å². The van der Waals surface area contributed by atoms with Crippen LogP contribution in [-0.2, 0) is 0 Å². The molecule has 15 aromatic carbocycles. The van der Waals surface area contributed by atoms with E-state index >= 15 is 0 Å². The normalized spacial score (nSPS) is 12.1. The minimum Gasteiger partial charge on any atom is -0.309 e. The molecule has 0 saturated carbocycles. The molecule has 5 heteroatoms. The summed E-state index contributed by atoms with van der Waals surface area (Å²) in [6.45, 7) is 0. The van der Waals surface area contributed by atoms with Crippen molar-refractivity contribution in [2.45, 2.75) is 0 Å². The van der Waals surface area contributed by atoms with Crippen molar-refractivity contribution in [3.05, 3.63) is 273 Å². The number of hydrogen-bond donors (Lipinski definition) is 0. The van der Waals surface area contributed by atoms with Gasteiger partial charge in [-0.05, 0) is 147 Å². The lowest BCUT2D eigenvalue weighted by Crippen LogP contribution is -2.06. The maximum Gasteiger partial charge on any atom is 0.238 e. The third-order valence-corrected chi connectivity index (χ3v) is 17.5. The Bertz CT molecular complexity index is 5540. The second-order valence-corrected chi connectivity index (χ2v) is 21.8. The van der Waals surface area contributed by atoms with Crippen molar-refractivity contribution >= 4 is 130 Å². The zero-order valence-corrected chi connectivity index (χ0v) is 44.2. The SMILES string of the molecule is c1ccc2c(c1)cc(-n1c3ccccc3c3cc(-c4ccc5c(c4)c4ccccc4n5-c4nc(-c5ccc6c7ccccc7c7ccccc7c6c5)nc(-c5ccc6c7ccccc7c7ccccc7c6c5)n4)ccc31)c1ccccc12. The van der Waals surface area contributed by atoms with Gasteiger partial charge >= 0.3 is 0 Å². The third kappa shape index (κ3) is 6.53. The van der Waals surface area contributed by atoms with Crippen LogP contribution in [0.1, 0.15) is 0 Å². The summed E-state index contributed by atoms with van der Waals surface area (Å²) in [6, 6.07) is 99.6. The Labute approximate surface area is 469 Å². The Morgan fingerprint density at radius 1 is 0.195 bits per heavy atom. The Morgan fingerprint density at radius 2 is 0.512 bits per heavy atom. The molecule has 0 aliphatic rings. The molecule has 18 rings (SSSR count). The molecular formula is C77H45N5. The van der Waals surface area contributed by atoms with E-state index in [9.17, 15) is 0 Å². The zero-order valence-electron chi connectivity index (χ0n) is 44.2. The van der Waals surface area contributed by atoms with Gasteiger partial charge in [0.15, 0.2) is 11.6 Å². The molecule has 82 heavy (non-hydrogen) atoms. The summed E-state index contributed by atoms with van der Waals surface area (Å²) in [5.41, 5.74) is 9.69. The third-order valence-electron chi connectivity index (χ3n) is 17.5. The lowest BCUT2D eigenvalue weighted by Gasteiger charge is -2.14. The van der Waals surface area contributed by atoms with Gasteiger partial charge in [0.05, 0.1) is 27.8 Å². The van der Waals surface area contributed by atoms with E-state index in [-0.39, 0.29) is 0 Å². The maximum absolute atomic E-state index is 5.52. The van der Waals surface area contributed by atoms with Gasteiger partial charge in [0, 0.05) is 38.1 Å². The second kappa shape index (κ2) is 17.2. The lowest BCUT2D eigenvalue weighted by atomic mass is 9.93. The van der Waals surface area contributed by atoms with E-state index < -0.39 is 0 Å². The van der Waals surface area contributed by atoms with E-state index in [1.54, 1.807) is 0 Å². The highest BCUT2D eigenvalue weighted by Crippen LogP contribution is 2.43. The Morgan fingerprint density at radius 3 is 0.988 bits per heavy atom. The van der Waals surface area contributed by atoms with Crippen molar-refractivity contribution in [1.82, 2.24) is 24.1 Å². The first-order valence-electron chi connectivity index (χ1n) is 28.1. The summed E-state index contributed by atoms with van der Waals surface area (Å²) in [6.07, 6.45) is 0. The molecule has 378 valence electrons. The molecule has 0 aliphatic heterocycles. The number of fused-ring (bicyclic) bond motifs is 21. The van der Waals surface area contributed by atoms with Gasteiger partial charge in [-0.15, -0.1) is 0 Å². The molecule has 0 spiro atoms.